The van der Waals surface area contributed by atoms with Crippen LogP contribution in [0.3, 0.4) is 0 Å². The van der Waals surface area contributed by atoms with Gasteiger partial charge >= 0.3 is 6.03 Å². The van der Waals surface area contributed by atoms with Gasteiger partial charge in [0.15, 0.2) is 0 Å². The van der Waals surface area contributed by atoms with Crippen molar-refractivity contribution < 1.29 is 9.90 Å². The van der Waals surface area contributed by atoms with Crippen molar-refractivity contribution in [3.05, 3.63) is 35.4 Å². The van der Waals surface area contributed by atoms with E-state index in [1.165, 1.54) is 36.1 Å². The second kappa shape index (κ2) is 9.20. The molecule has 2 amide bonds. The summed E-state index contributed by atoms with van der Waals surface area (Å²) in [7, 11) is 1.70. The van der Waals surface area contributed by atoms with Crippen molar-refractivity contribution in [1.82, 2.24) is 15.1 Å². The van der Waals surface area contributed by atoms with Crippen LogP contribution in [0.2, 0.25) is 0 Å². The Morgan fingerprint density at radius 3 is 2.36 bits per heavy atom. The average molecular weight is 348 g/mol. The van der Waals surface area contributed by atoms with E-state index in [4.69, 9.17) is 0 Å². The SMILES string of the molecule is CN(CC(C)(C)O)C(=O)NCc1ccccc1CN1CCCCCC1. The van der Waals surface area contributed by atoms with Crippen molar-refractivity contribution in [2.75, 3.05) is 26.7 Å². The van der Waals surface area contributed by atoms with Crippen molar-refractivity contribution in [3.8, 4) is 0 Å². The van der Waals surface area contributed by atoms with Crippen LogP contribution in [0.5, 0.6) is 0 Å². The van der Waals surface area contributed by atoms with Gasteiger partial charge in [-0.25, -0.2) is 4.79 Å². The van der Waals surface area contributed by atoms with Crippen molar-refractivity contribution in [3.63, 3.8) is 0 Å². The number of carbonyl (C=O) groups excluding carboxylic acids is 1. The van der Waals surface area contributed by atoms with E-state index in [1.807, 2.05) is 6.07 Å². The van der Waals surface area contributed by atoms with Crippen LogP contribution < -0.4 is 5.32 Å². The molecule has 0 aliphatic carbocycles. The summed E-state index contributed by atoms with van der Waals surface area (Å²) < 4.78 is 0. The minimum Gasteiger partial charge on any atom is -0.389 e. The first kappa shape index (κ1) is 19.7. The van der Waals surface area contributed by atoms with Gasteiger partial charge in [0.2, 0.25) is 0 Å². The fourth-order valence-electron chi connectivity index (χ4n) is 3.38. The van der Waals surface area contributed by atoms with Crippen LogP contribution in [0.25, 0.3) is 0 Å². The molecule has 1 fully saturated rings. The lowest BCUT2D eigenvalue weighted by atomic mass is 10.1. The number of rotatable bonds is 6. The van der Waals surface area contributed by atoms with Crippen LogP contribution in [0.1, 0.15) is 50.7 Å². The predicted octanol–water partition coefficient (Wildman–Crippen LogP) is 2.97. The molecule has 0 radical (unpaired) electrons. The summed E-state index contributed by atoms with van der Waals surface area (Å²) in [5.41, 5.74) is 1.56. The Morgan fingerprint density at radius 2 is 1.76 bits per heavy atom. The number of amides is 2. The molecule has 1 saturated heterocycles. The van der Waals surface area contributed by atoms with E-state index in [9.17, 15) is 9.90 Å². The van der Waals surface area contributed by atoms with E-state index in [0.29, 0.717) is 13.1 Å². The molecule has 1 aromatic rings. The van der Waals surface area contributed by atoms with Gasteiger partial charge in [-0.2, -0.15) is 0 Å². The zero-order chi connectivity index (χ0) is 18.3. The molecule has 5 heteroatoms. The first-order valence-electron chi connectivity index (χ1n) is 9.36. The Kier molecular flexibility index (Phi) is 7.26. The standard InChI is InChI=1S/C20H33N3O2/c1-20(2,25)16-22(3)19(24)21-14-17-10-6-7-11-18(17)15-23-12-8-4-5-9-13-23/h6-7,10-11,25H,4-5,8-9,12-16H2,1-3H3,(H,21,24). The lowest BCUT2D eigenvalue weighted by molar-refractivity contribution is 0.0531. The van der Waals surface area contributed by atoms with Crippen LogP contribution in [-0.2, 0) is 13.1 Å². The van der Waals surface area contributed by atoms with Gasteiger partial charge in [0.25, 0.3) is 0 Å². The maximum atomic E-state index is 12.2. The summed E-state index contributed by atoms with van der Waals surface area (Å²) in [6.45, 7) is 7.49. The number of likely N-dealkylation sites (N-methyl/N-ethyl adjacent to an activating group) is 1. The van der Waals surface area contributed by atoms with Crippen LogP contribution >= 0.6 is 0 Å². The molecule has 140 valence electrons. The number of urea groups is 1. The van der Waals surface area contributed by atoms with Crippen LogP contribution in [-0.4, -0.2) is 53.2 Å². The summed E-state index contributed by atoms with van der Waals surface area (Å²) in [6.07, 6.45) is 5.23. The minimum absolute atomic E-state index is 0.160. The Labute approximate surface area is 152 Å². The second-order valence-electron chi connectivity index (χ2n) is 7.79. The number of hydrogen-bond acceptors (Lipinski definition) is 3. The smallest absolute Gasteiger partial charge is 0.317 e. The maximum Gasteiger partial charge on any atom is 0.317 e. The molecule has 0 atom stereocenters. The summed E-state index contributed by atoms with van der Waals surface area (Å²) in [5.74, 6) is 0. The molecule has 0 spiro atoms. The van der Waals surface area contributed by atoms with Gasteiger partial charge in [0.05, 0.1) is 12.1 Å². The van der Waals surface area contributed by atoms with Gasteiger partial charge in [-0.05, 0) is 50.9 Å². The van der Waals surface area contributed by atoms with E-state index in [2.05, 4.69) is 28.4 Å². The molecular weight excluding hydrogens is 314 g/mol. The minimum atomic E-state index is -0.892. The fourth-order valence-corrected chi connectivity index (χ4v) is 3.38. The molecule has 0 unspecified atom stereocenters. The molecule has 2 rings (SSSR count). The largest absolute Gasteiger partial charge is 0.389 e. The van der Waals surface area contributed by atoms with Gasteiger partial charge in [-0.15, -0.1) is 0 Å². The van der Waals surface area contributed by atoms with E-state index in [-0.39, 0.29) is 6.03 Å². The van der Waals surface area contributed by atoms with Gasteiger partial charge < -0.3 is 15.3 Å². The van der Waals surface area contributed by atoms with Crippen molar-refractivity contribution >= 4 is 6.03 Å². The average Bonchev–Trinajstić information content (AvgIpc) is 2.81. The summed E-state index contributed by atoms with van der Waals surface area (Å²) in [5, 5.41) is 12.8. The number of aliphatic hydroxyl groups is 1. The number of nitrogens with one attached hydrogen (secondary N) is 1. The van der Waals surface area contributed by atoms with E-state index in [1.54, 1.807) is 20.9 Å². The van der Waals surface area contributed by atoms with Crippen molar-refractivity contribution in [2.45, 2.75) is 58.2 Å². The molecular formula is C20H33N3O2. The molecule has 1 aliphatic heterocycles. The molecule has 1 aliphatic rings. The number of benzene rings is 1. The third kappa shape index (κ3) is 7.04. The lowest BCUT2D eigenvalue weighted by Crippen LogP contribution is -2.44. The fraction of sp³-hybridized carbons (Fsp3) is 0.650. The quantitative estimate of drug-likeness (QED) is 0.832. The lowest BCUT2D eigenvalue weighted by Gasteiger charge is -2.26. The third-order valence-corrected chi connectivity index (χ3v) is 4.61. The highest BCUT2D eigenvalue weighted by molar-refractivity contribution is 5.73. The Bertz CT molecular complexity index is 546. The summed E-state index contributed by atoms with van der Waals surface area (Å²) >= 11 is 0. The molecule has 1 heterocycles. The van der Waals surface area contributed by atoms with Gasteiger partial charge in [0, 0.05) is 20.1 Å². The second-order valence-corrected chi connectivity index (χ2v) is 7.79. The number of nitrogens with zero attached hydrogens (tertiary/aromatic N) is 2. The molecule has 5 nitrogen and oxygen atoms in total. The molecule has 0 bridgehead atoms. The first-order valence-corrected chi connectivity index (χ1v) is 9.36. The molecule has 0 aromatic heterocycles. The van der Waals surface area contributed by atoms with E-state index in [0.717, 1.165) is 25.2 Å². The predicted molar refractivity (Wildman–Crippen MR) is 101 cm³/mol. The van der Waals surface area contributed by atoms with Crippen molar-refractivity contribution in [1.29, 1.82) is 0 Å². The Morgan fingerprint density at radius 1 is 1.16 bits per heavy atom. The zero-order valence-electron chi connectivity index (χ0n) is 15.9. The number of hydrogen-bond donors (Lipinski definition) is 2. The number of carbonyl (C=O) groups is 1. The van der Waals surface area contributed by atoms with Crippen LogP contribution in [0.4, 0.5) is 4.79 Å². The highest BCUT2D eigenvalue weighted by Gasteiger charge is 2.19. The van der Waals surface area contributed by atoms with E-state index < -0.39 is 5.60 Å². The monoisotopic (exact) mass is 347 g/mol. The topological polar surface area (TPSA) is 55.8 Å². The third-order valence-electron chi connectivity index (χ3n) is 4.61. The Balaban J connectivity index is 1.92. The molecule has 1 aromatic carbocycles. The van der Waals surface area contributed by atoms with Crippen LogP contribution in [0, 0.1) is 0 Å². The van der Waals surface area contributed by atoms with E-state index >= 15 is 0 Å². The number of likely N-dealkylation sites (tertiary alicyclic amines) is 1. The van der Waals surface area contributed by atoms with Crippen molar-refractivity contribution in [2.24, 2.45) is 0 Å². The van der Waals surface area contributed by atoms with Gasteiger partial charge in [-0.3, -0.25) is 4.90 Å². The first-order chi connectivity index (χ1) is 11.8. The molecule has 0 saturated carbocycles. The van der Waals surface area contributed by atoms with Gasteiger partial charge in [0.1, 0.15) is 0 Å². The maximum absolute atomic E-state index is 12.2. The van der Waals surface area contributed by atoms with Gasteiger partial charge in [-0.1, -0.05) is 37.1 Å². The Hall–Kier alpha value is -1.59. The summed E-state index contributed by atoms with van der Waals surface area (Å²) in [4.78, 5) is 16.3. The molecule has 25 heavy (non-hydrogen) atoms. The zero-order valence-corrected chi connectivity index (χ0v) is 15.9. The van der Waals surface area contributed by atoms with Crippen LogP contribution in [0.15, 0.2) is 24.3 Å². The molecule has 2 N–H and O–H groups in total. The summed E-state index contributed by atoms with van der Waals surface area (Å²) in [6, 6.07) is 8.18. The normalized spacial score (nSPS) is 16.3. The highest BCUT2D eigenvalue weighted by Crippen LogP contribution is 2.16. The highest BCUT2D eigenvalue weighted by atomic mass is 16.3.